The zero-order chi connectivity index (χ0) is 8.53. The SMILES string of the molecule is CCCCCC(OCC)=[O+][O-]. The molecule has 0 atom stereocenters. The number of unbranched alkanes of at least 4 members (excludes halogenated alkanes) is 2. The van der Waals surface area contributed by atoms with Gasteiger partial charge in [-0.15, -0.1) is 0 Å². The second-order valence-corrected chi connectivity index (χ2v) is 2.35. The Balaban J connectivity index is 3.37. The number of rotatable bonds is 5. The maximum absolute atomic E-state index is 9.95. The summed E-state index contributed by atoms with van der Waals surface area (Å²) in [5, 5.41) is 9.95. The summed E-state index contributed by atoms with van der Waals surface area (Å²) in [4.78, 5) is 0. The molecule has 0 aliphatic rings. The first-order chi connectivity index (χ1) is 5.35. The molecule has 0 radical (unpaired) electrons. The highest BCUT2D eigenvalue weighted by Gasteiger charge is 2.10. The van der Waals surface area contributed by atoms with Gasteiger partial charge in [0.2, 0.25) is 0 Å². The summed E-state index contributed by atoms with van der Waals surface area (Å²) in [6.45, 7) is 4.45. The van der Waals surface area contributed by atoms with E-state index in [4.69, 9.17) is 4.74 Å². The summed E-state index contributed by atoms with van der Waals surface area (Å²) in [5.41, 5.74) is 0. The van der Waals surface area contributed by atoms with E-state index in [-0.39, 0.29) is 5.97 Å². The highest BCUT2D eigenvalue weighted by molar-refractivity contribution is 5.69. The average Bonchev–Trinajstić information content (AvgIpc) is 2.03. The van der Waals surface area contributed by atoms with Crippen molar-refractivity contribution in [1.29, 1.82) is 0 Å². The van der Waals surface area contributed by atoms with Gasteiger partial charge in [-0.1, -0.05) is 19.8 Å². The molecule has 0 aromatic heterocycles. The molecule has 3 heteroatoms. The van der Waals surface area contributed by atoms with Gasteiger partial charge in [0.1, 0.15) is 6.42 Å². The van der Waals surface area contributed by atoms with Crippen molar-refractivity contribution in [3.63, 3.8) is 0 Å². The second-order valence-electron chi connectivity index (χ2n) is 2.35. The minimum atomic E-state index is 0.223. The molecule has 0 aliphatic heterocycles. The van der Waals surface area contributed by atoms with Crippen LogP contribution in [0, 0.1) is 0 Å². The molecule has 0 aromatic rings. The first-order valence-electron chi connectivity index (χ1n) is 4.13. The Labute approximate surface area is 67.6 Å². The smallest absolute Gasteiger partial charge is 0.497 e. The summed E-state index contributed by atoms with van der Waals surface area (Å²) in [5.74, 6) is 0.223. The van der Waals surface area contributed by atoms with Crippen LogP contribution in [0.4, 0.5) is 0 Å². The lowest BCUT2D eigenvalue weighted by Crippen LogP contribution is -2.13. The molecule has 0 unspecified atom stereocenters. The highest BCUT2D eigenvalue weighted by atomic mass is 17.1. The molecule has 0 saturated heterocycles. The third-order valence-electron chi connectivity index (χ3n) is 1.38. The fourth-order valence-corrected chi connectivity index (χ4v) is 0.818. The van der Waals surface area contributed by atoms with Crippen LogP contribution in [0.3, 0.4) is 0 Å². The van der Waals surface area contributed by atoms with Crippen LogP contribution in [0.15, 0.2) is 0 Å². The predicted molar refractivity (Wildman–Crippen MR) is 40.8 cm³/mol. The van der Waals surface area contributed by atoms with Gasteiger partial charge in [-0.3, -0.25) is 4.58 Å². The van der Waals surface area contributed by atoms with Crippen LogP contribution in [-0.4, -0.2) is 12.6 Å². The van der Waals surface area contributed by atoms with E-state index in [0.29, 0.717) is 13.0 Å². The minimum Gasteiger partial charge on any atom is -0.588 e. The normalized spacial score (nSPS) is 11.6. The monoisotopic (exact) mass is 160 g/mol. The molecule has 3 nitrogen and oxygen atoms in total. The van der Waals surface area contributed by atoms with E-state index in [2.05, 4.69) is 11.5 Å². The average molecular weight is 160 g/mol. The van der Waals surface area contributed by atoms with Crippen LogP contribution in [0.25, 0.3) is 0 Å². The molecule has 0 aromatic carbocycles. The van der Waals surface area contributed by atoms with Gasteiger partial charge >= 0.3 is 5.97 Å². The van der Waals surface area contributed by atoms with Crippen molar-refractivity contribution in [1.82, 2.24) is 0 Å². The van der Waals surface area contributed by atoms with Crippen LogP contribution in [0.5, 0.6) is 0 Å². The molecule has 0 amide bonds. The Bertz CT molecular complexity index is 110. The number of carbonyl (C=O) groups excluding carboxylic acids is 1. The highest BCUT2D eigenvalue weighted by Crippen LogP contribution is 2.00. The number of ether oxygens (including phenoxy) is 1. The van der Waals surface area contributed by atoms with Crippen molar-refractivity contribution >= 4 is 5.97 Å². The van der Waals surface area contributed by atoms with Gasteiger partial charge in [-0.25, -0.2) is 0 Å². The molecule has 0 N–H and O–H groups in total. The fourth-order valence-electron chi connectivity index (χ4n) is 0.818. The molecule has 0 spiro atoms. The van der Waals surface area contributed by atoms with E-state index >= 15 is 0 Å². The summed E-state index contributed by atoms with van der Waals surface area (Å²) in [6.07, 6.45) is 3.84. The maximum Gasteiger partial charge on any atom is 0.497 e. The molecule has 66 valence electrons. The van der Waals surface area contributed by atoms with Crippen molar-refractivity contribution in [3.05, 3.63) is 0 Å². The first-order valence-corrected chi connectivity index (χ1v) is 4.13. The van der Waals surface area contributed by atoms with Gasteiger partial charge in [-0.05, 0) is 13.3 Å². The molecular weight excluding hydrogens is 144 g/mol. The lowest BCUT2D eigenvalue weighted by atomic mass is 10.2. The van der Waals surface area contributed by atoms with Crippen LogP contribution in [-0.2, 0) is 9.31 Å². The van der Waals surface area contributed by atoms with Gasteiger partial charge in [-0.2, -0.15) is 0 Å². The zero-order valence-electron chi connectivity index (χ0n) is 7.26. The van der Waals surface area contributed by atoms with Crippen LogP contribution in [0.2, 0.25) is 0 Å². The van der Waals surface area contributed by atoms with E-state index in [1.54, 1.807) is 0 Å². The Hall–Kier alpha value is -0.730. The van der Waals surface area contributed by atoms with E-state index < -0.39 is 0 Å². The molecule has 0 bridgehead atoms. The summed E-state index contributed by atoms with van der Waals surface area (Å²) in [6, 6.07) is 0. The Morgan fingerprint density at radius 2 is 2.09 bits per heavy atom. The number of esters is 1. The lowest BCUT2D eigenvalue weighted by molar-refractivity contribution is -1.05. The largest absolute Gasteiger partial charge is 0.588 e. The number of hydrogen-bond donors (Lipinski definition) is 0. The quantitative estimate of drug-likeness (QED) is 0.197. The van der Waals surface area contributed by atoms with Crippen molar-refractivity contribution in [2.45, 2.75) is 39.5 Å². The van der Waals surface area contributed by atoms with Crippen molar-refractivity contribution < 1.29 is 14.6 Å². The standard InChI is InChI=1S/C8H16O3/c1-3-5-6-7-8(11-9)10-4-2/h3-7H2,1-2H3. The van der Waals surface area contributed by atoms with Gasteiger partial charge < -0.3 is 9.99 Å². The van der Waals surface area contributed by atoms with Crippen LogP contribution >= 0.6 is 0 Å². The maximum atomic E-state index is 9.95. The molecule has 0 heterocycles. The van der Waals surface area contributed by atoms with E-state index in [1.165, 1.54) is 0 Å². The van der Waals surface area contributed by atoms with E-state index in [0.717, 1.165) is 19.3 Å². The van der Waals surface area contributed by atoms with E-state index in [9.17, 15) is 5.26 Å². The Morgan fingerprint density at radius 3 is 2.55 bits per heavy atom. The lowest BCUT2D eigenvalue weighted by Gasteiger charge is -1.95. The summed E-state index contributed by atoms with van der Waals surface area (Å²) < 4.78 is 8.70. The Kier molecular flexibility index (Phi) is 6.89. The van der Waals surface area contributed by atoms with Crippen LogP contribution in [0.1, 0.15) is 39.5 Å². The van der Waals surface area contributed by atoms with Gasteiger partial charge in [0.15, 0.2) is 6.61 Å². The molecule has 0 fully saturated rings. The van der Waals surface area contributed by atoms with E-state index in [1.807, 2.05) is 6.92 Å². The molecule has 0 aliphatic carbocycles. The summed E-state index contributed by atoms with van der Waals surface area (Å²) >= 11 is 0. The topological polar surface area (TPSA) is 43.6 Å². The molecular formula is C8H16O3. The van der Waals surface area contributed by atoms with Crippen molar-refractivity contribution in [2.24, 2.45) is 0 Å². The van der Waals surface area contributed by atoms with Gasteiger partial charge in [0, 0.05) is 0 Å². The number of hydrogen-bond acceptors (Lipinski definition) is 2. The molecule has 0 rings (SSSR count). The van der Waals surface area contributed by atoms with Gasteiger partial charge in [0.25, 0.3) is 0 Å². The minimum absolute atomic E-state index is 0.223. The first kappa shape index (κ1) is 10.3. The fraction of sp³-hybridized carbons (Fsp3) is 0.875. The second kappa shape index (κ2) is 7.38. The third kappa shape index (κ3) is 5.70. The predicted octanol–water partition coefficient (Wildman–Crippen LogP) is 0.941. The summed E-state index contributed by atoms with van der Waals surface area (Å²) in [7, 11) is 0. The zero-order valence-corrected chi connectivity index (χ0v) is 7.26. The molecule has 0 saturated carbocycles. The molecule has 11 heavy (non-hydrogen) atoms. The third-order valence-corrected chi connectivity index (χ3v) is 1.38. The van der Waals surface area contributed by atoms with Gasteiger partial charge in [0.05, 0.1) is 0 Å². The van der Waals surface area contributed by atoms with Crippen molar-refractivity contribution in [3.8, 4) is 0 Å². The Morgan fingerprint density at radius 1 is 1.36 bits per heavy atom. The van der Waals surface area contributed by atoms with Crippen molar-refractivity contribution in [2.75, 3.05) is 6.61 Å². The van der Waals surface area contributed by atoms with Crippen LogP contribution < -0.4 is 5.26 Å².